The van der Waals surface area contributed by atoms with Crippen molar-refractivity contribution in [2.45, 2.75) is 19.4 Å². The van der Waals surface area contributed by atoms with Crippen LogP contribution in [0.3, 0.4) is 0 Å². The predicted octanol–water partition coefficient (Wildman–Crippen LogP) is 2.30. The molecule has 4 nitrogen and oxygen atoms in total. The maximum absolute atomic E-state index is 11.0. The molecule has 0 saturated heterocycles. The lowest BCUT2D eigenvalue weighted by molar-refractivity contribution is 0.0886. The summed E-state index contributed by atoms with van der Waals surface area (Å²) in [7, 11) is -1.98. The molecule has 1 aromatic rings. The third-order valence-corrected chi connectivity index (χ3v) is 2.91. The molecule has 0 heterocycles. The number of benzene rings is 1. The van der Waals surface area contributed by atoms with Crippen LogP contribution in [0.15, 0.2) is 30.3 Å². The molecule has 1 aromatic carbocycles. The van der Waals surface area contributed by atoms with Crippen LogP contribution in [0, 0.1) is 0 Å². The molecule has 0 aliphatic heterocycles. The summed E-state index contributed by atoms with van der Waals surface area (Å²) in [5.74, 6) is -0.927. The zero-order valence-corrected chi connectivity index (χ0v) is 10.1. The summed E-state index contributed by atoms with van der Waals surface area (Å²) in [5, 5.41) is 8.91. The molecule has 0 saturated carbocycles. The summed E-state index contributed by atoms with van der Waals surface area (Å²) in [6, 6.07) is 9.77. The third kappa shape index (κ3) is 5.33. The quantitative estimate of drug-likeness (QED) is 0.589. The van der Waals surface area contributed by atoms with E-state index in [0.29, 0.717) is 13.2 Å². The Morgan fingerprint density at radius 3 is 2.62 bits per heavy atom. The summed E-state index contributed by atoms with van der Waals surface area (Å²) < 4.78 is 21.2. The molecule has 1 rings (SSSR count). The highest BCUT2D eigenvalue weighted by Gasteiger charge is 2.24. The Labute approximate surface area is 96.1 Å². The number of aliphatic hydroxyl groups is 1. The van der Waals surface area contributed by atoms with Gasteiger partial charge in [-0.1, -0.05) is 30.3 Å². The summed E-state index contributed by atoms with van der Waals surface area (Å²) in [6.45, 7) is 2.54. The first-order valence-electron chi connectivity index (χ1n) is 5.09. The van der Waals surface area contributed by atoms with Crippen LogP contribution in [0.1, 0.15) is 12.5 Å². The standard InChI is InChI=1S/C11H16O4P/c1-10(12)16(13)15-8-7-14-9-11-5-3-2-4-6-11/h2-6,10,12H,7-9H2,1H3/q+1. The van der Waals surface area contributed by atoms with E-state index in [4.69, 9.17) is 14.4 Å². The Morgan fingerprint density at radius 1 is 1.31 bits per heavy atom. The van der Waals surface area contributed by atoms with Crippen molar-refractivity contribution >= 4 is 8.03 Å². The third-order valence-electron chi connectivity index (χ3n) is 1.86. The molecule has 0 aliphatic carbocycles. The van der Waals surface area contributed by atoms with Crippen LogP contribution in [0.5, 0.6) is 0 Å². The summed E-state index contributed by atoms with van der Waals surface area (Å²) in [6.07, 6.45) is 0. The lowest BCUT2D eigenvalue weighted by Gasteiger charge is -2.01. The number of rotatable bonds is 7. The van der Waals surface area contributed by atoms with E-state index in [0.717, 1.165) is 5.56 Å². The minimum absolute atomic E-state index is 0.229. The van der Waals surface area contributed by atoms with Gasteiger partial charge in [-0.15, -0.1) is 4.52 Å². The van der Waals surface area contributed by atoms with E-state index >= 15 is 0 Å². The average molecular weight is 243 g/mol. The highest BCUT2D eigenvalue weighted by Crippen LogP contribution is 2.26. The smallest absolute Gasteiger partial charge is 0.374 e. The van der Waals surface area contributed by atoms with Gasteiger partial charge in [0, 0.05) is 6.92 Å². The van der Waals surface area contributed by atoms with E-state index in [1.54, 1.807) is 0 Å². The van der Waals surface area contributed by atoms with Gasteiger partial charge in [0.25, 0.3) is 5.85 Å². The first-order chi connectivity index (χ1) is 7.70. The van der Waals surface area contributed by atoms with E-state index in [9.17, 15) is 4.57 Å². The van der Waals surface area contributed by atoms with Gasteiger partial charge in [0.1, 0.15) is 6.61 Å². The maximum atomic E-state index is 11.0. The molecule has 0 bridgehead atoms. The number of ether oxygens (including phenoxy) is 1. The number of hydrogen-bond acceptors (Lipinski definition) is 4. The fourth-order valence-corrected chi connectivity index (χ4v) is 1.53. The van der Waals surface area contributed by atoms with Crippen molar-refractivity contribution in [3.63, 3.8) is 0 Å². The van der Waals surface area contributed by atoms with Gasteiger partial charge in [-0.3, -0.25) is 0 Å². The molecule has 0 fully saturated rings. The summed E-state index contributed by atoms with van der Waals surface area (Å²) in [5.41, 5.74) is 1.09. The second kappa shape index (κ2) is 7.47. The minimum atomic E-state index is -1.98. The second-order valence-electron chi connectivity index (χ2n) is 3.29. The van der Waals surface area contributed by atoms with E-state index in [2.05, 4.69) is 0 Å². The van der Waals surface area contributed by atoms with Crippen molar-refractivity contribution in [2.24, 2.45) is 0 Å². The summed E-state index contributed by atoms with van der Waals surface area (Å²) in [4.78, 5) is 0. The van der Waals surface area contributed by atoms with Crippen molar-refractivity contribution < 1.29 is 18.9 Å². The van der Waals surface area contributed by atoms with Crippen molar-refractivity contribution in [3.05, 3.63) is 35.9 Å². The normalized spacial score (nSPS) is 13.5. The predicted molar refractivity (Wildman–Crippen MR) is 61.3 cm³/mol. The molecule has 0 aromatic heterocycles. The fraction of sp³-hybridized carbons (Fsp3) is 0.455. The Kier molecular flexibility index (Phi) is 6.19. The van der Waals surface area contributed by atoms with Gasteiger partial charge in [0.15, 0.2) is 0 Å². The van der Waals surface area contributed by atoms with E-state index in [1.165, 1.54) is 6.92 Å². The molecule has 0 amide bonds. The Bertz CT molecular complexity index is 313. The van der Waals surface area contributed by atoms with E-state index in [1.807, 2.05) is 30.3 Å². The van der Waals surface area contributed by atoms with Gasteiger partial charge in [0.05, 0.1) is 13.2 Å². The molecular weight excluding hydrogens is 227 g/mol. The van der Waals surface area contributed by atoms with Gasteiger partial charge in [-0.2, -0.15) is 0 Å². The molecule has 0 aliphatic rings. The molecule has 0 radical (unpaired) electrons. The largest absolute Gasteiger partial charge is 0.539 e. The summed E-state index contributed by atoms with van der Waals surface area (Å²) >= 11 is 0. The Hall–Kier alpha value is -0.800. The van der Waals surface area contributed by atoms with Crippen molar-refractivity contribution in [2.75, 3.05) is 13.2 Å². The zero-order valence-electron chi connectivity index (χ0n) is 9.20. The Balaban J connectivity index is 2.07. The van der Waals surface area contributed by atoms with Crippen LogP contribution < -0.4 is 0 Å². The van der Waals surface area contributed by atoms with Crippen LogP contribution in [-0.2, 0) is 20.4 Å². The zero-order chi connectivity index (χ0) is 11.8. The lowest BCUT2D eigenvalue weighted by atomic mass is 10.2. The topological polar surface area (TPSA) is 55.8 Å². The van der Waals surface area contributed by atoms with Crippen molar-refractivity contribution in [1.29, 1.82) is 0 Å². The van der Waals surface area contributed by atoms with Crippen molar-refractivity contribution in [3.8, 4) is 0 Å². The maximum Gasteiger partial charge on any atom is 0.539 e. The van der Waals surface area contributed by atoms with Gasteiger partial charge >= 0.3 is 8.03 Å². The van der Waals surface area contributed by atoms with Gasteiger partial charge < -0.3 is 9.84 Å². The lowest BCUT2D eigenvalue weighted by Crippen LogP contribution is -2.03. The monoisotopic (exact) mass is 243 g/mol. The van der Waals surface area contributed by atoms with E-state index < -0.39 is 13.9 Å². The van der Waals surface area contributed by atoms with Gasteiger partial charge in [-0.25, -0.2) is 0 Å². The molecule has 2 atom stereocenters. The molecular formula is C11H16O4P+. The van der Waals surface area contributed by atoms with Crippen molar-refractivity contribution in [1.82, 2.24) is 0 Å². The van der Waals surface area contributed by atoms with Crippen LogP contribution in [0.25, 0.3) is 0 Å². The highest BCUT2D eigenvalue weighted by atomic mass is 31.1. The number of aliphatic hydroxyl groups excluding tert-OH is 1. The SMILES string of the molecule is CC(O)[P+](=O)OCCOCc1ccccc1. The van der Waals surface area contributed by atoms with Crippen LogP contribution in [0.2, 0.25) is 0 Å². The Morgan fingerprint density at radius 2 is 2.00 bits per heavy atom. The molecule has 0 spiro atoms. The van der Waals surface area contributed by atoms with Crippen LogP contribution in [0.4, 0.5) is 0 Å². The molecule has 1 N–H and O–H groups in total. The molecule has 88 valence electrons. The van der Waals surface area contributed by atoms with Gasteiger partial charge in [-0.05, 0) is 10.1 Å². The fourth-order valence-electron chi connectivity index (χ4n) is 1.06. The van der Waals surface area contributed by atoms with Gasteiger partial charge in [0.2, 0.25) is 0 Å². The second-order valence-corrected chi connectivity index (χ2v) is 4.86. The molecule has 16 heavy (non-hydrogen) atoms. The first kappa shape index (κ1) is 13.3. The van der Waals surface area contributed by atoms with Crippen LogP contribution >= 0.6 is 8.03 Å². The minimum Gasteiger partial charge on any atom is -0.374 e. The molecule has 5 heteroatoms. The van der Waals surface area contributed by atoms with E-state index in [-0.39, 0.29) is 6.61 Å². The van der Waals surface area contributed by atoms with Crippen LogP contribution in [-0.4, -0.2) is 24.2 Å². The highest BCUT2D eigenvalue weighted by molar-refractivity contribution is 7.39. The molecule has 2 unspecified atom stereocenters. The average Bonchev–Trinajstić information content (AvgIpc) is 2.29. The first-order valence-corrected chi connectivity index (χ1v) is 6.34. The number of hydrogen-bond donors (Lipinski definition) is 1.